The first kappa shape index (κ1) is 14.8. The number of halogens is 2. The molecule has 0 fully saturated rings. The quantitative estimate of drug-likeness (QED) is 0.713. The Morgan fingerprint density at radius 2 is 2.06 bits per heavy atom. The first-order valence-corrected chi connectivity index (χ1v) is 7.05. The van der Waals surface area contributed by atoms with Crippen molar-refractivity contribution in [1.29, 1.82) is 0 Å². The maximum absolute atomic E-state index is 6.29. The van der Waals surface area contributed by atoms with Crippen molar-refractivity contribution in [2.75, 3.05) is 19.0 Å². The third-order valence-electron chi connectivity index (χ3n) is 2.88. The molecule has 98 valence electrons. The van der Waals surface area contributed by atoms with E-state index in [-0.39, 0.29) is 0 Å². The van der Waals surface area contributed by atoms with Crippen LogP contribution in [-0.2, 0) is 13.1 Å². The van der Waals surface area contributed by atoms with Crippen LogP contribution in [0.3, 0.4) is 0 Å². The number of rotatable bonds is 7. The molecule has 0 unspecified atom stereocenters. The van der Waals surface area contributed by atoms with Gasteiger partial charge in [0.05, 0.1) is 16.4 Å². The van der Waals surface area contributed by atoms with Crippen LogP contribution in [0.1, 0.15) is 31.7 Å². The van der Waals surface area contributed by atoms with Gasteiger partial charge in [0.25, 0.3) is 0 Å². The largest absolute Gasteiger partial charge is 0.298 e. The molecule has 0 atom stereocenters. The fourth-order valence-electron chi connectivity index (χ4n) is 1.86. The third-order valence-corrected chi connectivity index (χ3v) is 3.64. The summed E-state index contributed by atoms with van der Waals surface area (Å²) in [6, 6.07) is 0. The van der Waals surface area contributed by atoms with Crippen LogP contribution in [0.5, 0.6) is 0 Å². The minimum absolute atomic E-state index is 0.705. The van der Waals surface area contributed by atoms with Crippen LogP contribution in [0.25, 0.3) is 0 Å². The van der Waals surface area contributed by atoms with Crippen molar-refractivity contribution in [3.63, 3.8) is 0 Å². The van der Waals surface area contributed by atoms with Crippen molar-refractivity contribution in [3.05, 3.63) is 16.4 Å². The van der Waals surface area contributed by atoms with E-state index < -0.39 is 0 Å². The second kappa shape index (κ2) is 7.24. The highest BCUT2D eigenvalue weighted by Gasteiger charge is 2.15. The predicted molar refractivity (Wildman–Crippen MR) is 73.9 cm³/mol. The molecule has 0 aliphatic carbocycles. The zero-order chi connectivity index (χ0) is 12.8. The Kier molecular flexibility index (Phi) is 6.31. The molecule has 0 saturated carbocycles. The molecule has 0 spiro atoms. The van der Waals surface area contributed by atoms with Crippen LogP contribution in [0.15, 0.2) is 0 Å². The molecule has 0 N–H and O–H groups in total. The van der Waals surface area contributed by atoms with E-state index in [1.165, 1.54) is 0 Å². The fraction of sp³-hybridized carbons (Fsp3) is 0.750. The summed E-state index contributed by atoms with van der Waals surface area (Å²) in [6.07, 6.45) is 1.01. The van der Waals surface area contributed by atoms with Gasteiger partial charge in [0.1, 0.15) is 0 Å². The summed E-state index contributed by atoms with van der Waals surface area (Å²) in [7, 11) is 0. The molecule has 0 bridgehead atoms. The Hall–Kier alpha value is -0.250. The lowest BCUT2D eigenvalue weighted by molar-refractivity contribution is 0.272. The van der Waals surface area contributed by atoms with Crippen LogP contribution in [0.4, 0.5) is 0 Å². The van der Waals surface area contributed by atoms with Gasteiger partial charge in [-0.25, -0.2) is 0 Å². The average molecular weight is 278 g/mol. The standard InChI is InChI=1S/C12H21Cl2N3/c1-4-16(8-6-7-13)9-11-12(14)10(3)15-17(11)5-2/h4-9H2,1-3H3. The van der Waals surface area contributed by atoms with E-state index in [2.05, 4.69) is 23.8 Å². The maximum atomic E-state index is 6.29. The Balaban J connectivity index is 2.77. The van der Waals surface area contributed by atoms with Gasteiger partial charge in [0.15, 0.2) is 0 Å². The average Bonchev–Trinajstić information content (AvgIpc) is 2.61. The van der Waals surface area contributed by atoms with E-state index in [0.29, 0.717) is 5.88 Å². The van der Waals surface area contributed by atoms with Crippen molar-refractivity contribution in [3.8, 4) is 0 Å². The minimum Gasteiger partial charge on any atom is -0.298 e. The van der Waals surface area contributed by atoms with Gasteiger partial charge in [0.2, 0.25) is 0 Å². The molecule has 0 amide bonds. The summed E-state index contributed by atoms with van der Waals surface area (Å²) >= 11 is 12.0. The van der Waals surface area contributed by atoms with Gasteiger partial charge in [-0.05, 0) is 33.4 Å². The highest BCUT2D eigenvalue weighted by Crippen LogP contribution is 2.21. The van der Waals surface area contributed by atoms with Crippen LogP contribution in [-0.4, -0.2) is 33.6 Å². The molecule has 0 aliphatic rings. The van der Waals surface area contributed by atoms with Gasteiger partial charge >= 0.3 is 0 Å². The van der Waals surface area contributed by atoms with Crippen LogP contribution in [0, 0.1) is 6.92 Å². The molecule has 0 radical (unpaired) electrons. The van der Waals surface area contributed by atoms with Crippen molar-refractivity contribution >= 4 is 23.2 Å². The van der Waals surface area contributed by atoms with Gasteiger partial charge in [-0.2, -0.15) is 5.10 Å². The molecule has 0 saturated heterocycles. The molecule has 5 heteroatoms. The van der Waals surface area contributed by atoms with Crippen LogP contribution >= 0.6 is 23.2 Å². The normalized spacial score (nSPS) is 11.4. The molecule has 1 rings (SSSR count). The lowest BCUT2D eigenvalue weighted by Gasteiger charge is -2.20. The van der Waals surface area contributed by atoms with Gasteiger partial charge in [-0.1, -0.05) is 18.5 Å². The summed E-state index contributed by atoms with van der Waals surface area (Å²) in [5, 5.41) is 5.23. The highest BCUT2D eigenvalue weighted by molar-refractivity contribution is 6.31. The summed E-state index contributed by atoms with van der Waals surface area (Å²) < 4.78 is 1.99. The Morgan fingerprint density at radius 1 is 1.35 bits per heavy atom. The number of hydrogen-bond acceptors (Lipinski definition) is 2. The van der Waals surface area contributed by atoms with Crippen LogP contribution < -0.4 is 0 Å². The molecule has 1 aromatic rings. The molecular weight excluding hydrogens is 257 g/mol. The predicted octanol–water partition coefficient (Wildman–Crippen LogP) is 3.32. The molecule has 17 heavy (non-hydrogen) atoms. The first-order chi connectivity index (χ1) is 8.13. The minimum atomic E-state index is 0.705. The number of alkyl halides is 1. The van der Waals surface area contributed by atoms with Crippen molar-refractivity contribution < 1.29 is 0 Å². The van der Waals surface area contributed by atoms with Gasteiger partial charge < -0.3 is 0 Å². The molecule has 0 aliphatic heterocycles. The summed E-state index contributed by atoms with van der Waals surface area (Å²) in [6.45, 7) is 9.90. The zero-order valence-electron chi connectivity index (χ0n) is 10.8. The summed E-state index contributed by atoms with van der Waals surface area (Å²) in [5.74, 6) is 0.705. The van der Waals surface area contributed by atoms with E-state index in [4.69, 9.17) is 23.2 Å². The summed E-state index contributed by atoms with van der Waals surface area (Å²) in [5.41, 5.74) is 2.03. The van der Waals surface area contributed by atoms with Gasteiger partial charge in [0, 0.05) is 19.0 Å². The van der Waals surface area contributed by atoms with E-state index >= 15 is 0 Å². The second-order valence-electron chi connectivity index (χ2n) is 4.07. The number of hydrogen-bond donors (Lipinski definition) is 0. The van der Waals surface area contributed by atoms with Crippen molar-refractivity contribution in [1.82, 2.24) is 14.7 Å². The van der Waals surface area contributed by atoms with E-state index in [1.807, 2.05) is 11.6 Å². The number of nitrogens with zero attached hydrogens (tertiary/aromatic N) is 3. The lowest BCUT2D eigenvalue weighted by atomic mass is 10.3. The third kappa shape index (κ3) is 3.87. The molecule has 3 nitrogen and oxygen atoms in total. The van der Waals surface area contributed by atoms with Crippen molar-refractivity contribution in [2.24, 2.45) is 0 Å². The second-order valence-corrected chi connectivity index (χ2v) is 4.83. The fourth-order valence-corrected chi connectivity index (χ4v) is 2.18. The van der Waals surface area contributed by atoms with Gasteiger partial charge in [-0.15, -0.1) is 11.6 Å². The Bertz CT molecular complexity index is 350. The monoisotopic (exact) mass is 277 g/mol. The summed E-state index contributed by atoms with van der Waals surface area (Å²) in [4.78, 5) is 2.34. The molecule has 1 heterocycles. The smallest absolute Gasteiger partial charge is 0.0860 e. The molecule has 0 aromatic carbocycles. The van der Waals surface area contributed by atoms with E-state index in [1.54, 1.807) is 0 Å². The van der Waals surface area contributed by atoms with Crippen LogP contribution in [0.2, 0.25) is 5.02 Å². The zero-order valence-corrected chi connectivity index (χ0v) is 12.4. The maximum Gasteiger partial charge on any atom is 0.0860 e. The number of aryl methyl sites for hydroxylation is 2. The molecule has 1 aromatic heterocycles. The topological polar surface area (TPSA) is 21.1 Å². The Labute approximate surface area is 114 Å². The highest BCUT2D eigenvalue weighted by atomic mass is 35.5. The van der Waals surface area contributed by atoms with Crippen molar-refractivity contribution in [2.45, 2.75) is 40.3 Å². The molecular formula is C12H21Cl2N3. The SMILES string of the molecule is CCN(CCCCl)Cc1c(Cl)c(C)nn1CC. The van der Waals surface area contributed by atoms with Gasteiger partial charge in [-0.3, -0.25) is 9.58 Å². The first-order valence-electron chi connectivity index (χ1n) is 6.14. The van der Waals surface area contributed by atoms with E-state index in [9.17, 15) is 0 Å². The number of aromatic nitrogens is 2. The van der Waals surface area contributed by atoms with E-state index in [0.717, 1.165) is 49.0 Å². The lowest BCUT2D eigenvalue weighted by Crippen LogP contribution is -2.26. The Morgan fingerprint density at radius 3 is 2.59 bits per heavy atom.